The van der Waals surface area contributed by atoms with E-state index in [1.807, 2.05) is 78.9 Å². The van der Waals surface area contributed by atoms with Crippen molar-refractivity contribution in [2.24, 2.45) is 15.7 Å². The molecular weight excluding hydrogens is 374 g/mol. The highest BCUT2D eigenvalue weighted by atomic mass is 79.9. The number of hydrogen-bond donors (Lipinski definition) is 1. The van der Waals surface area contributed by atoms with Gasteiger partial charge in [-0.25, -0.2) is 4.99 Å². The first kappa shape index (κ1) is 17.1. The van der Waals surface area contributed by atoms with Crippen molar-refractivity contribution < 1.29 is 0 Å². The van der Waals surface area contributed by atoms with E-state index in [-0.39, 0.29) is 0 Å². The van der Waals surface area contributed by atoms with Gasteiger partial charge in [0, 0.05) is 15.6 Å². The van der Waals surface area contributed by atoms with E-state index in [0.717, 1.165) is 21.2 Å². The summed E-state index contributed by atoms with van der Waals surface area (Å²) < 4.78 is 1.04. The number of nitrogens with zero attached hydrogens (tertiary/aromatic N) is 2. The van der Waals surface area contributed by atoms with Gasteiger partial charge in [-0.1, -0.05) is 88.7 Å². The zero-order valence-corrected chi connectivity index (χ0v) is 15.2. The number of aliphatic imine (C=N–C) groups is 2. The average molecular weight is 392 g/mol. The molecular formula is C21H18BrN3. The van der Waals surface area contributed by atoms with Gasteiger partial charge in [-0.15, -0.1) is 0 Å². The van der Waals surface area contributed by atoms with Crippen LogP contribution in [-0.2, 0) is 6.54 Å². The zero-order valence-electron chi connectivity index (χ0n) is 13.6. The first-order valence-corrected chi connectivity index (χ1v) is 8.75. The minimum absolute atomic E-state index is 0.456. The average Bonchev–Trinajstić information content (AvgIpc) is 2.66. The Morgan fingerprint density at radius 3 is 2.08 bits per heavy atom. The molecule has 25 heavy (non-hydrogen) atoms. The standard InChI is InChI=1S/C21H18BrN3/c22-19-13-7-8-16(14-19)15-24-21(18-11-5-2-6-12-18)25-20(23)17-9-3-1-4-10-17/h1-14H,15H2,(H2,23,24,25). The Balaban J connectivity index is 1.94. The third kappa shape index (κ3) is 4.88. The van der Waals surface area contributed by atoms with Crippen molar-refractivity contribution in [2.45, 2.75) is 6.54 Å². The molecule has 0 saturated heterocycles. The molecule has 0 aliphatic heterocycles. The van der Waals surface area contributed by atoms with E-state index >= 15 is 0 Å². The Kier molecular flexibility index (Phi) is 5.75. The van der Waals surface area contributed by atoms with Crippen molar-refractivity contribution in [3.8, 4) is 0 Å². The minimum Gasteiger partial charge on any atom is -0.383 e. The van der Waals surface area contributed by atoms with Gasteiger partial charge in [0.1, 0.15) is 5.84 Å². The van der Waals surface area contributed by atoms with E-state index in [4.69, 9.17) is 10.7 Å². The highest BCUT2D eigenvalue weighted by Gasteiger charge is 2.05. The number of halogens is 1. The summed E-state index contributed by atoms with van der Waals surface area (Å²) in [4.78, 5) is 9.29. The largest absolute Gasteiger partial charge is 0.383 e. The van der Waals surface area contributed by atoms with Crippen molar-refractivity contribution >= 4 is 27.6 Å². The van der Waals surface area contributed by atoms with Gasteiger partial charge in [0.25, 0.3) is 0 Å². The fourth-order valence-corrected chi connectivity index (χ4v) is 2.81. The smallest absolute Gasteiger partial charge is 0.157 e. The van der Waals surface area contributed by atoms with Crippen LogP contribution < -0.4 is 5.73 Å². The number of rotatable bonds is 4. The van der Waals surface area contributed by atoms with Gasteiger partial charge in [0.2, 0.25) is 0 Å². The van der Waals surface area contributed by atoms with Crippen LogP contribution in [0.4, 0.5) is 0 Å². The van der Waals surface area contributed by atoms with Crippen molar-refractivity contribution in [1.82, 2.24) is 0 Å². The van der Waals surface area contributed by atoms with Gasteiger partial charge in [-0.3, -0.25) is 4.99 Å². The Morgan fingerprint density at radius 1 is 0.800 bits per heavy atom. The second-order valence-corrected chi connectivity index (χ2v) is 6.41. The van der Waals surface area contributed by atoms with Gasteiger partial charge in [-0.2, -0.15) is 0 Å². The molecule has 3 nitrogen and oxygen atoms in total. The lowest BCUT2D eigenvalue weighted by atomic mass is 10.2. The molecule has 0 radical (unpaired) electrons. The molecule has 3 aromatic rings. The molecule has 3 aromatic carbocycles. The summed E-state index contributed by atoms with van der Waals surface area (Å²) in [5.41, 5.74) is 9.12. The lowest BCUT2D eigenvalue weighted by Gasteiger charge is -2.06. The van der Waals surface area contributed by atoms with Gasteiger partial charge in [0.05, 0.1) is 6.54 Å². The van der Waals surface area contributed by atoms with Crippen molar-refractivity contribution in [2.75, 3.05) is 0 Å². The van der Waals surface area contributed by atoms with E-state index in [0.29, 0.717) is 18.2 Å². The van der Waals surface area contributed by atoms with Crippen LogP contribution in [0.15, 0.2) is 99.4 Å². The van der Waals surface area contributed by atoms with Crippen LogP contribution in [0.25, 0.3) is 0 Å². The molecule has 0 saturated carbocycles. The summed E-state index contributed by atoms with van der Waals surface area (Å²) in [5, 5.41) is 0. The topological polar surface area (TPSA) is 50.7 Å². The molecule has 0 bridgehead atoms. The maximum Gasteiger partial charge on any atom is 0.157 e. The molecule has 0 unspecified atom stereocenters. The van der Waals surface area contributed by atoms with Crippen LogP contribution in [0.3, 0.4) is 0 Å². The Bertz CT molecular complexity index is 887. The molecule has 0 fully saturated rings. The summed E-state index contributed by atoms with van der Waals surface area (Å²) in [6.45, 7) is 0.537. The number of hydrogen-bond acceptors (Lipinski definition) is 1. The van der Waals surface area contributed by atoms with Crippen molar-refractivity contribution in [1.29, 1.82) is 0 Å². The first-order chi connectivity index (χ1) is 12.2. The third-order valence-electron chi connectivity index (χ3n) is 3.63. The maximum absolute atomic E-state index is 6.19. The van der Waals surface area contributed by atoms with E-state index in [1.165, 1.54) is 0 Å². The highest BCUT2D eigenvalue weighted by molar-refractivity contribution is 9.10. The summed E-state index contributed by atoms with van der Waals surface area (Å²) in [7, 11) is 0. The summed E-state index contributed by atoms with van der Waals surface area (Å²) in [5.74, 6) is 1.08. The van der Waals surface area contributed by atoms with Crippen LogP contribution in [0.5, 0.6) is 0 Å². The van der Waals surface area contributed by atoms with Crippen molar-refractivity contribution in [3.05, 3.63) is 106 Å². The predicted octanol–water partition coefficient (Wildman–Crippen LogP) is 4.80. The SMILES string of the molecule is N/C(=N\C(=N/Cc1cccc(Br)c1)c1ccccc1)c1ccccc1. The summed E-state index contributed by atoms with van der Waals surface area (Å²) in [6, 6.07) is 27.7. The molecule has 0 heterocycles. The quantitative estimate of drug-likeness (QED) is 0.503. The van der Waals surface area contributed by atoms with E-state index in [9.17, 15) is 0 Å². The molecule has 0 aliphatic carbocycles. The molecule has 2 N–H and O–H groups in total. The second kappa shape index (κ2) is 8.40. The molecule has 0 amide bonds. The molecule has 0 aliphatic rings. The van der Waals surface area contributed by atoms with E-state index in [1.54, 1.807) is 0 Å². The lowest BCUT2D eigenvalue weighted by molar-refractivity contribution is 1.06. The molecule has 0 spiro atoms. The summed E-state index contributed by atoms with van der Waals surface area (Å²) >= 11 is 3.49. The second-order valence-electron chi connectivity index (χ2n) is 5.50. The summed E-state index contributed by atoms with van der Waals surface area (Å²) in [6.07, 6.45) is 0. The molecule has 0 aromatic heterocycles. The Morgan fingerprint density at radius 2 is 1.44 bits per heavy atom. The monoisotopic (exact) mass is 391 g/mol. The van der Waals surface area contributed by atoms with Crippen LogP contribution >= 0.6 is 15.9 Å². The number of amidine groups is 2. The molecule has 124 valence electrons. The number of benzene rings is 3. The van der Waals surface area contributed by atoms with Crippen LogP contribution in [0.2, 0.25) is 0 Å². The fraction of sp³-hybridized carbons (Fsp3) is 0.0476. The predicted molar refractivity (Wildman–Crippen MR) is 108 cm³/mol. The molecule has 4 heteroatoms. The van der Waals surface area contributed by atoms with Crippen LogP contribution in [0, 0.1) is 0 Å². The minimum atomic E-state index is 0.456. The number of nitrogens with two attached hydrogens (primary N) is 1. The van der Waals surface area contributed by atoms with Gasteiger partial charge in [0.15, 0.2) is 5.84 Å². The Labute approximate surface area is 156 Å². The fourth-order valence-electron chi connectivity index (χ4n) is 2.37. The van der Waals surface area contributed by atoms with Crippen molar-refractivity contribution in [3.63, 3.8) is 0 Å². The first-order valence-electron chi connectivity index (χ1n) is 7.96. The third-order valence-corrected chi connectivity index (χ3v) is 4.12. The Hall–Kier alpha value is -2.72. The van der Waals surface area contributed by atoms with E-state index in [2.05, 4.69) is 27.0 Å². The van der Waals surface area contributed by atoms with Gasteiger partial charge < -0.3 is 5.73 Å². The molecule has 0 atom stereocenters. The molecule has 3 rings (SSSR count). The lowest BCUT2D eigenvalue weighted by Crippen LogP contribution is -2.16. The zero-order chi connectivity index (χ0) is 17.5. The highest BCUT2D eigenvalue weighted by Crippen LogP contribution is 2.13. The van der Waals surface area contributed by atoms with E-state index < -0.39 is 0 Å². The van der Waals surface area contributed by atoms with Crippen LogP contribution in [0.1, 0.15) is 16.7 Å². The normalized spacial score (nSPS) is 12.2. The van der Waals surface area contributed by atoms with Gasteiger partial charge in [-0.05, 0) is 17.7 Å². The maximum atomic E-state index is 6.19. The van der Waals surface area contributed by atoms with Crippen LogP contribution in [-0.4, -0.2) is 11.7 Å². The van der Waals surface area contributed by atoms with Gasteiger partial charge >= 0.3 is 0 Å².